The van der Waals surface area contributed by atoms with Gasteiger partial charge in [-0.15, -0.1) is 0 Å². The van der Waals surface area contributed by atoms with Gasteiger partial charge in [0.2, 0.25) is 0 Å². The fourth-order valence-electron chi connectivity index (χ4n) is 2.09. The van der Waals surface area contributed by atoms with E-state index >= 15 is 0 Å². The highest BCUT2D eigenvalue weighted by molar-refractivity contribution is 5.48. The number of hydrogen-bond acceptors (Lipinski definition) is 2. The summed E-state index contributed by atoms with van der Waals surface area (Å²) in [5, 5.41) is 0. The first-order valence-corrected chi connectivity index (χ1v) is 6.62. The van der Waals surface area contributed by atoms with Crippen LogP contribution in [0, 0.1) is 11.6 Å². The lowest BCUT2D eigenvalue weighted by Gasteiger charge is -2.23. The van der Waals surface area contributed by atoms with Crippen LogP contribution in [0.5, 0.6) is 0 Å². The number of nitrogens with two attached hydrogens (primary N) is 1. The van der Waals surface area contributed by atoms with Gasteiger partial charge in [0.1, 0.15) is 0 Å². The minimum atomic E-state index is -0.816. The minimum absolute atomic E-state index is 0.510. The molecule has 106 valence electrons. The van der Waals surface area contributed by atoms with Gasteiger partial charge < -0.3 is 10.6 Å². The van der Waals surface area contributed by atoms with Crippen molar-refractivity contribution in [3.05, 3.63) is 65.2 Å². The molecule has 0 bridgehead atoms. The molecular weight excluding hydrogens is 258 g/mol. The zero-order chi connectivity index (χ0) is 14.5. The molecule has 0 saturated heterocycles. The largest absolute Gasteiger partial charge is 0.367 e. The van der Waals surface area contributed by atoms with Gasteiger partial charge in [-0.1, -0.05) is 18.2 Å². The maximum absolute atomic E-state index is 13.2. The molecule has 0 saturated carbocycles. The average molecular weight is 276 g/mol. The Morgan fingerprint density at radius 2 is 1.60 bits per heavy atom. The molecule has 20 heavy (non-hydrogen) atoms. The van der Waals surface area contributed by atoms with Crippen LogP contribution in [-0.4, -0.2) is 6.54 Å². The molecule has 4 heteroatoms. The van der Waals surface area contributed by atoms with Crippen molar-refractivity contribution in [2.45, 2.75) is 20.0 Å². The molecule has 2 aromatic rings. The smallest absolute Gasteiger partial charge is 0.159 e. The van der Waals surface area contributed by atoms with Crippen LogP contribution in [0.25, 0.3) is 0 Å². The van der Waals surface area contributed by atoms with Crippen LogP contribution in [0.2, 0.25) is 0 Å². The Hall–Kier alpha value is -1.94. The molecule has 2 aromatic carbocycles. The Morgan fingerprint density at radius 3 is 2.15 bits per heavy atom. The van der Waals surface area contributed by atoms with Crippen molar-refractivity contribution in [3.63, 3.8) is 0 Å². The molecule has 0 spiro atoms. The molecule has 0 heterocycles. The van der Waals surface area contributed by atoms with Crippen LogP contribution in [0.15, 0.2) is 42.5 Å². The number of halogens is 2. The highest BCUT2D eigenvalue weighted by atomic mass is 19.2. The quantitative estimate of drug-likeness (QED) is 0.906. The second kappa shape index (κ2) is 6.48. The molecule has 0 aliphatic rings. The molecule has 0 aliphatic carbocycles. The van der Waals surface area contributed by atoms with Gasteiger partial charge in [-0.3, -0.25) is 0 Å². The Balaban J connectivity index is 2.16. The topological polar surface area (TPSA) is 29.3 Å². The Kier molecular flexibility index (Phi) is 4.69. The highest BCUT2D eigenvalue weighted by Crippen LogP contribution is 2.19. The van der Waals surface area contributed by atoms with Crippen molar-refractivity contribution >= 4 is 5.69 Å². The molecule has 0 radical (unpaired) electrons. The fraction of sp³-hybridized carbons (Fsp3) is 0.250. The van der Waals surface area contributed by atoms with Crippen molar-refractivity contribution in [2.75, 3.05) is 11.4 Å². The monoisotopic (exact) mass is 276 g/mol. The predicted molar refractivity (Wildman–Crippen MR) is 77.4 cm³/mol. The Labute approximate surface area is 117 Å². The van der Waals surface area contributed by atoms with E-state index in [-0.39, 0.29) is 0 Å². The van der Waals surface area contributed by atoms with Crippen molar-refractivity contribution < 1.29 is 8.78 Å². The van der Waals surface area contributed by atoms with Crippen molar-refractivity contribution in [1.82, 2.24) is 0 Å². The van der Waals surface area contributed by atoms with Crippen LogP contribution in [-0.2, 0) is 13.1 Å². The molecule has 2 N–H and O–H groups in total. The van der Waals surface area contributed by atoms with Crippen LogP contribution in [0.1, 0.15) is 18.1 Å². The van der Waals surface area contributed by atoms with Crippen LogP contribution >= 0.6 is 0 Å². The lowest BCUT2D eigenvalue weighted by Crippen LogP contribution is -2.22. The number of rotatable bonds is 5. The van der Waals surface area contributed by atoms with Crippen molar-refractivity contribution in [2.24, 2.45) is 5.73 Å². The number of nitrogens with zero attached hydrogens (tertiary/aromatic N) is 1. The summed E-state index contributed by atoms with van der Waals surface area (Å²) in [6.07, 6.45) is 0. The lowest BCUT2D eigenvalue weighted by atomic mass is 10.1. The van der Waals surface area contributed by atoms with Gasteiger partial charge in [-0.05, 0) is 42.3 Å². The predicted octanol–water partition coefficient (Wildman–Crippen LogP) is 3.45. The third kappa shape index (κ3) is 3.33. The summed E-state index contributed by atoms with van der Waals surface area (Å²) < 4.78 is 26.2. The van der Waals surface area contributed by atoms with E-state index < -0.39 is 11.6 Å². The van der Waals surface area contributed by atoms with E-state index in [0.29, 0.717) is 13.1 Å². The zero-order valence-corrected chi connectivity index (χ0v) is 11.4. The van der Waals surface area contributed by atoms with Gasteiger partial charge in [-0.2, -0.15) is 0 Å². The molecular formula is C16H18F2N2. The maximum Gasteiger partial charge on any atom is 0.159 e. The summed E-state index contributed by atoms with van der Waals surface area (Å²) in [4.78, 5) is 2.09. The van der Waals surface area contributed by atoms with E-state index in [2.05, 4.69) is 4.90 Å². The van der Waals surface area contributed by atoms with E-state index in [4.69, 9.17) is 5.73 Å². The fourth-order valence-corrected chi connectivity index (χ4v) is 2.09. The van der Waals surface area contributed by atoms with Gasteiger partial charge in [0.05, 0.1) is 0 Å². The third-order valence-corrected chi connectivity index (χ3v) is 3.28. The minimum Gasteiger partial charge on any atom is -0.367 e. The van der Waals surface area contributed by atoms with Crippen LogP contribution in [0.3, 0.4) is 0 Å². The summed E-state index contributed by atoms with van der Waals surface area (Å²) in [7, 11) is 0. The molecule has 2 rings (SSSR count). The molecule has 0 unspecified atom stereocenters. The number of hydrogen-bond donors (Lipinski definition) is 1. The van der Waals surface area contributed by atoms with Crippen molar-refractivity contribution in [1.29, 1.82) is 0 Å². The SMILES string of the molecule is CCN(Cc1ccc(F)c(F)c1)c1ccc(CN)cc1. The molecule has 0 aliphatic heterocycles. The van der Waals surface area contributed by atoms with Gasteiger partial charge in [0, 0.05) is 25.3 Å². The molecule has 2 nitrogen and oxygen atoms in total. The first-order valence-electron chi connectivity index (χ1n) is 6.62. The zero-order valence-electron chi connectivity index (χ0n) is 11.4. The van der Waals surface area contributed by atoms with Gasteiger partial charge >= 0.3 is 0 Å². The summed E-state index contributed by atoms with van der Waals surface area (Å²) >= 11 is 0. The Morgan fingerprint density at radius 1 is 0.950 bits per heavy atom. The van der Waals surface area contributed by atoms with Gasteiger partial charge in [-0.25, -0.2) is 8.78 Å². The van der Waals surface area contributed by atoms with Crippen LogP contribution in [0.4, 0.5) is 14.5 Å². The first-order chi connectivity index (χ1) is 9.63. The lowest BCUT2D eigenvalue weighted by molar-refractivity contribution is 0.507. The highest BCUT2D eigenvalue weighted by Gasteiger charge is 2.08. The molecule has 0 aromatic heterocycles. The maximum atomic E-state index is 13.2. The normalized spacial score (nSPS) is 10.6. The standard InChI is InChI=1S/C16H18F2N2/c1-2-20(14-6-3-12(10-19)4-7-14)11-13-5-8-15(17)16(18)9-13/h3-9H,2,10-11,19H2,1H3. The van der Waals surface area contributed by atoms with Crippen molar-refractivity contribution in [3.8, 4) is 0 Å². The van der Waals surface area contributed by atoms with E-state index in [0.717, 1.165) is 29.4 Å². The van der Waals surface area contributed by atoms with E-state index in [1.807, 2.05) is 31.2 Å². The Bertz CT molecular complexity index is 567. The average Bonchev–Trinajstić information content (AvgIpc) is 2.48. The summed E-state index contributed by atoms with van der Waals surface area (Å²) in [6.45, 7) is 3.85. The van der Waals surface area contributed by atoms with E-state index in [1.165, 1.54) is 6.07 Å². The van der Waals surface area contributed by atoms with Crippen LogP contribution < -0.4 is 10.6 Å². The number of benzene rings is 2. The first kappa shape index (κ1) is 14.5. The summed E-state index contributed by atoms with van der Waals surface area (Å²) in [6, 6.07) is 11.9. The van der Waals surface area contributed by atoms with E-state index in [1.54, 1.807) is 6.07 Å². The summed E-state index contributed by atoms with van der Waals surface area (Å²) in [5.74, 6) is -1.62. The molecule has 0 amide bonds. The summed E-state index contributed by atoms with van der Waals surface area (Å²) in [5.41, 5.74) is 8.42. The van der Waals surface area contributed by atoms with Gasteiger partial charge in [0.25, 0.3) is 0 Å². The van der Waals surface area contributed by atoms with E-state index in [9.17, 15) is 8.78 Å². The molecule has 0 atom stereocenters. The second-order valence-corrected chi connectivity index (χ2v) is 4.63. The third-order valence-electron chi connectivity index (χ3n) is 3.28. The molecule has 0 fully saturated rings. The second-order valence-electron chi connectivity index (χ2n) is 4.63. The number of anilines is 1. The van der Waals surface area contributed by atoms with Gasteiger partial charge in [0.15, 0.2) is 11.6 Å².